The maximum absolute atomic E-state index is 12.0. The van der Waals surface area contributed by atoms with Gasteiger partial charge in [0.1, 0.15) is 4.21 Å². The van der Waals surface area contributed by atoms with Crippen LogP contribution in [0.4, 0.5) is 0 Å². The number of hydrogen-bond acceptors (Lipinski definition) is 4. The Morgan fingerprint density at radius 2 is 1.94 bits per heavy atom. The molecule has 2 N–H and O–H groups in total. The van der Waals surface area contributed by atoms with Gasteiger partial charge >= 0.3 is 0 Å². The van der Waals surface area contributed by atoms with Gasteiger partial charge < -0.3 is 5.32 Å². The average molecular weight is 290 g/mol. The SMILES string of the molecule is CCC(C)NS(=O)(=O)c1ccc(CNC(C)C)s1. The molecule has 0 saturated heterocycles. The Kier molecular flexibility index (Phi) is 5.78. The zero-order valence-electron chi connectivity index (χ0n) is 11.4. The molecule has 0 saturated carbocycles. The summed E-state index contributed by atoms with van der Waals surface area (Å²) in [7, 11) is -3.35. The second-order valence-electron chi connectivity index (χ2n) is 4.69. The zero-order valence-corrected chi connectivity index (χ0v) is 13.0. The minimum atomic E-state index is -3.35. The molecule has 0 fully saturated rings. The Morgan fingerprint density at radius 3 is 2.50 bits per heavy atom. The lowest BCUT2D eigenvalue weighted by Gasteiger charge is -2.10. The fourth-order valence-electron chi connectivity index (χ4n) is 1.31. The van der Waals surface area contributed by atoms with Gasteiger partial charge in [-0.2, -0.15) is 0 Å². The monoisotopic (exact) mass is 290 g/mol. The third kappa shape index (κ3) is 4.68. The lowest BCUT2D eigenvalue weighted by molar-refractivity contribution is 0.558. The first-order chi connectivity index (χ1) is 8.35. The summed E-state index contributed by atoms with van der Waals surface area (Å²) < 4.78 is 27.1. The Morgan fingerprint density at radius 1 is 1.28 bits per heavy atom. The maximum atomic E-state index is 12.0. The molecule has 1 unspecified atom stereocenters. The van der Waals surface area contributed by atoms with Gasteiger partial charge in [0.25, 0.3) is 0 Å². The van der Waals surface area contributed by atoms with Gasteiger partial charge in [-0.1, -0.05) is 20.8 Å². The quantitative estimate of drug-likeness (QED) is 0.810. The lowest BCUT2D eigenvalue weighted by Crippen LogP contribution is -2.31. The van der Waals surface area contributed by atoms with Gasteiger partial charge in [-0.05, 0) is 25.5 Å². The van der Waals surface area contributed by atoms with Crippen molar-refractivity contribution >= 4 is 21.4 Å². The molecule has 18 heavy (non-hydrogen) atoms. The highest BCUT2D eigenvalue weighted by Gasteiger charge is 2.18. The van der Waals surface area contributed by atoms with Gasteiger partial charge in [0, 0.05) is 23.5 Å². The lowest BCUT2D eigenvalue weighted by atomic mass is 10.3. The van der Waals surface area contributed by atoms with E-state index in [2.05, 4.69) is 23.9 Å². The van der Waals surface area contributed by atoms with Crippen molar-refractivity contribution in [2.75, 3.05) is 0 Å². The Hall–Kier alpha value is -0.430. The van der Waals surface area contributed by atoms with E-state index in [-0.39, 0.29) is 6.04 Å². The average Bonchev–Trinajstić information content (AvgIpc) is 2.75. The van der Waals surface area contributed by atoms with Crippen LogP contribution in [0.2, 0.25) is 0 Å². The summed E-state index contributed by atoms with van der Waals surface area (Å²) in [5.41, 5.74) is 0. The zero-order chi connectivity index (χ0) is 13.8. The van der Waals surface area contributed by atoms with E-state index >= 15 is 0 Å². The number of sulfonamides is 1. The van der Waals surface area contributed by atoms with Crippen LogP contribution in [-0.4, -0.2) is 20.5 Å². The van der Waals surface area contributed by atoms with Gasteiger partial charge in [-0.3, -0.25) is 0 Å². The van der Waals surface area contributed by atoms with E-state index in [1.54, 1.807) is 6.07 Å². The number of rotatable bonds is 7. The molecule has 0 bridgehead atoms. The third-order valence-electron chi connectivity index (χ3n) is 2.56. The minimum absolute atomic E-state index is 0.0330. The molecule has 0 amide bonds. The van der Waals surface area contributed by atoms with Crippen LogP contribution in [0.3, 0.4) is 0 Å². The molecule has 1 heterocycles. The van der Waals surface area contributed by atoms with E-state index < -0.39 is 10.0 Å². The third-order valence-corrected chi connectivity index (χ3v) is 5.72. The normalized spacial score (nSPS) is 14.1. The molecule has 0 aliphatic carbocycles. The van der Waals surface area contributed by atoms with Crippen LogP contribution < -0.4 is 10.0 Å². The molecular weight excluding hydrogens is 268 g/mol. The first-order valence-electron chi connectivity index (χ1n) is 6.19. The minimum Gasteiger partial charge on any atom is -0.310 e. The second-order valence-corrected chi connectivity index (χ2v) is 7.80. The van der Waals surface area contributed by atoms with E-state index in [9.17, 15) is 8.42 Å². The van der Waals surface area contributed by atoms with Crippen molar-refractivity contribution in [1.82, 2.24) is 10.0 Å². The highest BCUT2D eigenvalue weighted by atomic mass is 32.2. The molecule has 6 heteroatoms. The van der Waals surface area contributed by atoms with Crippen molar-refractivity contribution in [3.05, 3.63) is 17.0 Å². The summed E-state index contributed by atoms with van der Waals surface area (Å²) >= 11 is 1.32. The molecule has 1 rings (SSSR count). The molecule has 4 nitrogen and oxygen atoms in total. The van der Waals surface area contributed by atoms with E-state index in [0.29, 0.717) is 16.8 Å². The predicted molar refractivity (Wildman–Crippen MR) is 76.4 cm³/mol. The van der Waals surface area contributed by atoms with Crippen molar-refractivity contribution in [1.29, 1.82) is 0 Å². The van der Waals surface area contributed by atoms with E-state index in [1.165, 1.54) is 11.3 Å². The second kappa shape index (κ2) is 6.65. The summed E-state index contributed by atoms with van der Waals surface area (Å²) in [5.74, 6) is 0. The van der Waals surface area contributed by atoms with Crippen LogP contribution in [0.25, 0.3) is 0 Å². The van der Waals surface area contributed by atoms with E-state index in [4.69, 9.17) is 0 Å². The Bertz CT molecular complexity index is 466. The maximum Gasteiger partial charge on any atom is 0.250 e. The fraction of sp³-hybridized carbons (Fsp3) is 0.667. The molecule has 104 valence electrons. The summed E-state index contributed by atoms with van der Waals surface area (Å²) in [6, 6.07) is 3.90. The number of thiophene rings is 1. The molecular formula is C12H22N2O2S2. The van der Waals surface area contributed by atoms with Crippen molar-refractivity contribution < 1.29 is 8.42 Å². The summed E-state index contributed by atoms with van der Waals surface area (Å²) in [5, 5.41) is 3.27. The largest absolute Gasteiger partial charge is 0.310 e. The Labute approximate surface area is 114 Å². The highest BCUT2D eigenvalue weighted by Crippen LogP contribution is 2.21. The van der Waals surface area contributed by atoms with Crippen molar-refractivity contribution in [3.63, 3.8) is 0 Å². The topological polar surface area (TPSA) is 58.2 Å². The predicted octanol–water partition coefficient (Wildman–Crippen LogP) is 2.32. The molecule has 0 radical (unpaired) electrons. The van der Waals surface area contributed by atoms with Crippen molar-refractivity contribution in [3.8, 4) is 0 Å². The van der Waals surface area contributed by atoms with Gasteiger partial charge in [-0.25, -0.2) is 13.1 Å². The molecule has 0 spiro atoms. The summed E-state index contributed by atoms with van der Waals surface area (Å²) in [6.45, 7) is 8.67. The first-order valence-corrected chi connectivity index (χ1v) is 8.49. The Balaban J connectivity index is 2.72. The summed E-state index contributed by atoms with van der Waals surface area (Å²) in [4.78, 5) is 1.04. The molecule has 1 aromatic heterocycles. The first kappa shape index (κ1) is 15.6. The van der Waals surface area contributed by atoms with Gasteiger partial charge in [0.15, 0.2) is 0 Å². The summed E-state index contributed by atoms with van der Waals surface area (Å²) in [6.07, 6.45) is 0.784. The van der Waals surface area contributed by atoms with Crippen LogP contribution >= 0.6 is 11.3 Å². The van der Waals surface area contributed by atoms with Crippen LogP contribution in [0, 0.1) is 0 Å². The van der Waals surface area contributed by atoms with Crippen molar-refractivity contribution in [2.24, 2.45) is 0 Å². The fourth-order valence-corrected chi connectivity index (χ4v) is 3.96. The van der Waals surface area contributed by atoms with Gasteiger partial charge in [0.2, 0.25) is 10.0 Å². The van der Waals surface area contributed by atoms with E-state index in [1.807, 2.05) is 19.9 Å². The molecule has 0 aliphatic rings. The highest BCUT2D eigenvalue weighted by molar-refractivity contribution is 7.91. The molecule has 0 aliphatic heterocycles. The molecule has 1 aromatic rings. The van der Waals surface area contributed by atoms with Crippen LogP contribution in [0.5, 0.6) is 0 Å². The molecule has 1 atom stereocenters. The number of hydrogen-bond donors (Lipinski definition) is 2. The molecule has 0 aromatic carbocycles. The van der Waals surface area contributed by atoms with Crippen LogP contribution in [-0.2, 0) is 16.6 Å². The van der Waals surface area contributed by atoms with E-state index in [0.717, 1.165) is 11.3 Å². The van der Waals surface area contributed by atoms with Crippen LogP contribution in [0.15, 0.2) is 16.3 Å². The van der Waals surface area contributed by atoms with Gasteiger partial charge in [-0.15, -0.1) is 11.3 Å². The van der Waals surface area contributed by atoms with Crippen molar-refractivity contribution in [2.45, 2.75) is 57.0 Å². The standard InChI is InChI=1S/C12H22N2O2S2/c1-5-10(4)14-18(15,16)12-7-6-11(17-12)8-13-9(2)3/h6-7,9-10,13-14H,5,8H2,1-4H3. The smallest absolute Gasteiger partial charge is 0.250 e. The van der Waals surface area contributed by atoms with Crippen LogP contribution in [0.1, 0.15) is 39.0 Å². The van der Waals surface area contributed by atoms with Gasteiger partial charge in [0.05, 0.1) is 0 Å². The number of nitrogens with one attached hydrogen (secondary N) is 2.